The van der Waals surface area contributed by atoms with Gasteiger partial charge in [0.25, 0.3) is 0 Å². The van der Waals surface area contributed by atoms with Gasteiger partial charge in [0.15, 0.2) is 0 Å². The fraction of sp³-hybridized carbons (Fsp3) is 0.400. The van der Waals surface area contributed by atoms with E-state index in [0.717, 1.165) is 34.2 Å². The number of anilines is 1. The first-order chi connectivity index (χ1) is 10.8. The van der Waals surface area contributed by atoms with Gasteiger partial charge >= 0.3 is 0 Å². The Morgan fingerprint density at radius 3 is 2.70 bits per heavy atom. The van der Waals surface area contributed by atoms with Crippen molar-refractivity contribution >= 4 is 54.3 Å². The van der Waals surface area contributed by atoms with Crippen LogP contribution < -0.4 is 4.90 Å². The molecule has 0 unspecified atom stereocenters. The van der Waals surface area contributed by atoms with Crippen molar-refractivity contribution in [3.05, 3.63) is 33.8 Å². The van der Waals surface area contributed by atoms with Gasteiger partial charge in [0.1, 0.15) is 5.82 Å². The van der Waals surface area contributed by atoms with Crippen LogP contribution in [0.5, 0.6) is 0 Å². The van der Waals surface area contributed by atoms with Gasteiger partial charge in [-0.2, -0.15) is 0 Å². The Morgan fingerprint density at radius 1 is 1.17 bits per heavy atom. The molecule has 1 aliphatic heterocycles. The number of halogens is 2. The first-order valence-corrected chi connectivity index (χ1v) is 10.3. The van der Waals surface area contributed by atoms with Crippen molar-refractivity contribution in [1.29, 1.82) is 0 Å². The third kappa shape index (κ3) is 3.79. The molecule has 2 aromatic rings. The monoisotopic (exact) mass is 417 g/mol. The Labute approximate surface area is 149 Å². The Bertz CT molecular complexity index is 844. The molecule has 0 atom stereocenters. The Hall–Kier alpha value is -0.890. The van der Waals surface area contributed by atoms with Crippen molar-refractivity contribution in [2.45, 2.75) is 6.42 Å². The lowest BCUT2D eigenvalue weighted by Gasteiger charge is -2.22. The third-order valence-corrected chi connectivity index (χ3v) is 5.99. The summed E-state index contributed by atoms with van der Waals surface area (Å²) < 4.78 is 25.9. The zero-order valence-electron chi connectivity index (χ0n) is 12.7. The van der Waals surface area contributed by atoms with E-state index in [0.29, 0.717) is 24.7 Å². The average Bonchev–Trinajstić information content (AvgIpc) is 2.72. The number of aromatic nitrogens is 1. The molecule has 2 heterocycles. The quantitative estimate of drug-likeness (QED) is 0.752. The molecular formula is C15H17BrClN3O2S. The summed E-state index contributed by atoms with van der Waals surface area (Å²) in [5.74, 6) is 0.831. The number of hydrogen-bond acceptors (Lipinski definition) is 4. The summed E-state index contributed by atoms with van der Waals surface area (Å²) in [6, 6.07) is 7.76. The van der Waals surface area contributed by atoms with Gasteiger partial charge in [-0.15, -0.1) is 0 Å². The van der Waals surface area contributed by atoms with E-state index in [-0.39, 0.29) is 0 Å². The van der Waals surface area contributed by atoms with Crippen LogP contribution in [0.25, 0.3) is 10.9 Å². The van der Waals surface area contributed by atoms with Crippen LogP contribution in [0.3, 0.4) is 0 Å². The number of pyridine rings is 1. The lowest BCUT2D eigenvalue weighted by atomic mass is 10.2. The van der Waals surface area contributed by atoms with Crippen LogP contribution in [-0.4, -0.2) is 50.1 Å². The van der Waals surface area contributed by atoms with Gasteiger partial charge in [0.05, 0.1) is 16.8 Å². The van der Waals surface area contributed by atoms with E-state index < -0.39 is 10.0 Å². The Kier molecular flexibility index (Phi) is 4.83. The molecule has 0 aliphatic carbocycles. The van der Waals surface area contributed by atoms with Crippen LogP contribution in [-0.2, 0) is 10.0 Å². The fourth-order valence-electron chi connectivity index (χ4n) is 2.78. The second kappa shape index (κ2) is 6.55. The first-order valence-electron chi connectivity index (χ1n) is 7.30. The molecule has 8 heteroatoms. The highest BCUT2D eigenvalue weighted by Crippen LogP contribution is 2.29. The van der Waals surface area contributed by atoms with Gasteiger partial charge in [-0.3, -0.25) is 0 Å². The highest BCUT2D eigenvalue weighted by molar-refractivity contribution is 9.10. The molecule has 1 aromatic heterocycles. The zero-order chi connectivity index (χ0) is 16.6. The Balaban J connectivity index is 1.88. The fourth-order valence-corrected chi connectivity index (χ4v) is 4.53. The largest absolute Gasteiger partial charge is 0.355 e. The van der Waals surface area contributed by atoms with Gasteiger partial charge in [-0.25, -0.2) is 17.7 Å². The number of benzene rings is 1. The molecular weight excluding hydrogens is 402 g/mol. The number of hydrogen-bond donors (Lipinski definition) is 0. The van der Waals surface area contributed by atoms with Gasteiger partial charge in [-0.1, -0.05) is 27.5 Å². The van der Waals surface area contributed by atoms with Crippen molar-refractivity contribution in [3.63, 3.8) is 0 Å². The minimum absolute atomic E-state index is 0.479. The highest BCUT2D eigenvalue weighted by atomic mass is 79.9. The van der Waals surface area contributed by atoms with E-state index in [1.54, 1.807) is 0 Å². The molecule has 1 fully saturated rings. The summed E-state index contributed by atoms with van der Waals surface area (Å²) in [5.41, 5.74) is 0.761. The van der Waals surface area contributed by atoms with Crippen LogP contribution in [0.2, 0.25) is 5.02 Å². The summed E-state index contributed by atoms with van der Waals surface area (Å²) in [7, 11) is -3.14. The number of nitrogens with zero attached hydrogens (tertiary/aromatic N) is 3. The number of sulfonamides is 1. The maximum atomic E-state index is 11.7. The summed E-state index contributed by atoms with van der Waals surface area (Å²) in [4.78, 5) is 6.79. The lowest BCUT2D eigenvalue weighted by Crippen LogP contribution is -2.34. The smallest absolute Gasteiger partial charge is 0.211 e. The molecule has 124 valence electrons. The molecule has 0 spiro atoms. The van der Waals surface area contributed by atoms with Crippen molar-refractivity contribution in [1.82, 2.24) is 9.29 Å². The predicted octanol–water partition coefficient (Wildman–Crippen LogP) is 3.12. The third-order valence-electron chi connectivity index (χ3n) is 3.94. The maximum Gasteiger partial charge on any atom is 0.211 e. The molecule has 3 rings (SSSR count). The molecule has 0 amide bonds. The number of rotatable bonds is 2. The second-order valence-corrected chi connectivity index (χ2v) is 8.94. The lowest BCUT2D eigenvalue weighted by molar-refractivity contribution is 0.437. The van der Waals surface area contributed by atoms with E-state index >= 15 is 0 Å². The minimum atomic E-state index is -3.14. The van der Waals surface area contributed by atoms with Gasteiger partial charge in [-0.05, 0) is 30.7 Å². The van der Waals surface area contributed by atoms with Crippen LogP contribution >= 0.6 is 27.5 Å². The molecule has 1 aromatic carbocycles. The summed E-state index contributed by atoms with van der Waals surface area (Å²) in [5, 5.41) is 1.57. The predicted molar refractivity (Wildman–Crippen MR) is 97.7 cm³/mol. The van der Waals surface area contributed by atoms with E-state index in [1.807, 2.05) is 24.3 Å². The summed E-state index contributed by atoms with van der Waals surface area (Å²) >= 11 is 9.72. The van der Waals surface area contributed by atoms with Crippen molar-refractivity contribution in [2.24, 2.45) is 0 Å². The SMILES string of the molecule is CS(=O)(=O)N1CCCN(c2ccc3cc(Br)cc(Cl)c3n2)CC1. The maximum absolute atomic E-state index is 11.7. The molecule has 0 saturated carbocycles. The van der Waals surface area contributed by atoms with Crippen LogP contribution in [0.1, 0.15) is 6.42 Å². The van der Waals surface area contributed by atoms with Crippen molar-refractivity contribution in [3.8, 4) is 0 Å². The zero-order valence-corrected chi connectivity index (χ0v) is 15.8. The standard InChI is InChI=1S/C15H17BrClN3O2S/c1-23(21,22)20-6-2-5-19(7-8-20)14-4-3-11-9-12(16)10-13(17)15(11)18-14/h3-4,9-10H,2,5-8H2,1H3. The van der Waals surface area contributed by atoms with Crippen LogP contribution in [0.15, 0.2) is 28.7 Å². The van der Waals surface area contributed by atoms with Crippen molar-refractivity contribution < 1.29 is 8.42 Å². The summed E-state index contributed by atoms with van der Waals surface area (Å²) in [6.45, 7) is 2.43. The Morgan fingerprint density at radius 2 is 1.96 bits per heavy atom. The molecule has 0 radical (unpaired) electrons. The van der Waals surface area contributed by atoms with Crippen LogP contribution in [0.4, 0.5) is 5.82 Å². The normalized spacial score (nSPS) is 17.4. The van der Waals surface area contributed by atoms with E-state index in [9.17, 15) is 8.42 Å². The molecule has 5 nitrogen and oxygen atoms in total. The molecule has 1 saturated heterocycles. The van der Waals surface area contributed by atoms with Gasteiger partial charge in [0.2, 0.25) is 10.0 Å². The molecule has 0 bridgehead atoms. The average molecular weight is 419 g/mol. The van der Waals surface area contributed by atoms with Gasteiger partial charge in [0, 0.05) is 36.0 Å². The van der Waals surface area contributed by atoms with Gasteiger partial charge < -0.3 is 4.90 Å². The topological polar surface area (TPSA) is 53.5 Å². The molecule has 0 N–H and O–H groups in total. The van der Waals surface area contributed by atoms with Crippen molar-refractivity contribution in [2.75, 3.05) is 37.3 Å². The minimum Gasteiger partial charge on any atom is -0.355 e. The first kappa shape index (κ1) is 17.0. The highest BCUT2D eigenvalue weighted by Gasteiger charge is 2.22. The van der Waals surface area contributed by atoms with E-state index in [1.165, 1.54) is 10.6 Å². The molecule has 23 heavy (non-hydrogen) atoms. The van der Waals surface area contributed by atoms with Crippen LogP contribution in [0, 0.1) is 0 Å². The molecule has 1 aliphatic rings. The summed E-state index contributed by atoms with van der Waals surface area (Å²) in [6.07, 6.45) is 2.04. The van der Waals surface area contributed by atoms with E-state index in [4.69, 9.17) is 11.6 Å². The van der Waals surface area contributed by atoms with E-state index in [2.05, 4.69) is 25.8 Å². The number of fused-ring (bicyclic) bond motifs is 1. The second-order valence-electron chi connectivity index (χ2n) is 5.63.